The van der Waals surface area contributed by atoms with Gasteiger partial charge < -0.3 is 4.74 Å². The largest absolute Gasteiger partial charge is 0.472 e. The van der Waals surface area contributed by atoms with Crippen LogP contribution in [0.4, 0.5) is 0 Å². The Morgan fingerprint density at radius 3 is 2.43 bits per heavy atom. The highest BCUT2D eigenvalue weighted by molar-refractivity contribution is 6.32. The Bertz CT molecular complexity index is 99.9. The molecule has 1 rings (SSSR count). The average Bonchev–Trinajstić information content (AvgIpc) is 1.87. The van der Waals surface area contributed by atoms with Crippen molar-refractivity contribution in [1.82, 2.24) is 0 Å². The minimum Gasteiger partial charge on any atom is -0.472 e. The van der Waals surface area contributed by atoms with Gasteiger partial charge in [0.2, 0.25) is 5.56 Å². The third kappa shape index (κ3) is 1.25. The molecule has 0 fully saturated rings. The Hall–Kier alpha value is 0.120. The maximum atomic E-state index is 5.44. The topological polar surface area (TPSA) is 9.23 Å². The number of halogens is 2. The van der Waals surface area contributed by atoms with Gasteiger partial charge in [0.25, 0.3) is 0 Å². The van der Waals surface area contributed by atoms with Crippen LogP contribution in [0.25, 0.3) is 0 Å². The van der Waals surface area contributed by atoms with E-state index in [2.05, 4.69) is 4.74 Å². The molecule has 39 valence electrons. The van der Waals surface area contributed by atoms with Crippen molar-refractivity contribution in [2.24, 2.45) is 0 Å². The van der Waals surface area contributed by atoms with Crippen molar-refractivity contribution in [2.75, 3.05) is 0 Å². The summed E-state index contributed by atoms with van der Waals surface area (Å²) in [5.74, 6) is 0. The van der Waals surface area contributed by atoms with E-state index in [4.69, 9.17) is 23.2 Å². The van der Waals surface area contributed by atoms with Gasteiger partial charge in [-0.3, -0.25) is 0 Å². The van der Waals surface area contributed by atoms with Crippen LogP contribution in [-0.4, -0.2) is 0 Å². The van der Waals surface area contributed by atoms with E-state index in [1.165, 1.54) is 6.26 Å². The molecule has 1 radical (unpaired) electrons. The molecule has 0 unspecified atom stereocenters. The van der Waals surface area contributed by atoms with Crippen LogP contribution < -0.4 is 0 Å². The van der Waals surface area contributed by atoms with Gasteiger partial charge in [-0.15, -0.1) is 0 Å². The van der Waals surface area contributed by atoms with Crippen molar-refractivity contribution in [3.63, 3.8) is 0 Å². The molecule has 0 saturated heterocycles. The quantitative estimate of drug-likeness (QED) is 0.498. The van der Waals surface area contributed by atoms with Crippen molar-refractivity contribution in [3.05, 3.63) is 16.9 Å². The average molecular weight is 138 g/mol. The Morgan fingerprint density at radius 1 is 1.57 bits per heavy atom. The number of ether oxygens (including phenoxy) is 1. The van der Waals surface area contributed by atoms with Crippen LogP contribution in [0.15, 0.2) is 11.3 Å². The predicted octanol–water partition coefficient (Wildman–Crippen LogP) is 2.22. The number of hydrogen-bond donors (Lipinski definition) is 0. The molecule has 0 aliphatic carbocycles. The second-order valence-electron chi connectivity index (χ2n) is 1.21. The number of rotatable bonds is 0. The van der Waals surface area contributed by atoms with Crippen molar-refractivity contribution in [1.29, 1.82) is 0 Å². The fourth-order valence-corrected chi connectivity index (χ4v) is 0.767. The van der Waals surface area contributed by atoms with E-state index in [1.807, 2.05) is 0 Å². The van der Waals surface area contributed by atoms with Crippen LogP contribution in [0.2, 0.25) is 0 Å². The molecule has 7 heavy (non-hydrogen) atoms. The van der Waals surface area contributed by atoms with Crippen LogP contribution in [0.3, 0.4) is 0 Å². The third-order valence-electron chi connectivity index (χ3n) is 0.623. The summed E-state index contributed by atoms with van der Waals surface area (Å²) in [6, 6.07) is 0. The molecule has 0 aromatic carbocycles. The molecule has 0 spiro atoms. The monoisotopic (exact) mass is 137 g/mol. The first-order chi connectivity index (χ1) is 3.29. The van der Waals surface area contributed by atoms with Gasteiger partial charge in [-0.1, -0.05) is 23.2 Å². The molecular weight excluding hydrogens is 135 g/mol. The Balaban J connectivity index is 2.42. The van der Waals surface area contributed by atoms with Gasteiger partial charge in [0.05, 0.1) is 5.03 Å². The highest BCUT2D eigenvalue weighted by atomic mass is 35.5. The van der Waals surface area contributed by atoms with Crippen molar-refractivity contribution in [3.8, 4) is 0 Å². The van der Waals surface area contributed by atoms with Crippen LogP contribution in [0.5, 0.6) is 0 Å². The van der Waals surface area contributed by atoms with E-state index in [-0.39, 0.29) is 0 Å². The summed E-state index contributed by atoms with van der Waals surface area (Å²) in [6.45, 7) is 0. The van der Waals surface area contributed by atoms with Gasteiger partial charge in [-0.25, -0.2) is 0 Å². The van der Waals surface area contributed by atoms with E-state index >= 15 is 0 Å². The van der Waals surface area contributed by atoms with Gasteiger partial charge in [-0.2, -0.15) is 0 Å². The fourth-order valence-electron chi connectivity index (χ4n) is 0.344. The summed E-state index contributed by atoms with van der Waals surface area (Å²) in [5.41, 5.74) is 0.449. The lowest BCUT2D eigenvalue weighted by molar-refractivity contribution is 0.331. The minimum absolute atomic E-state index is 0.449. The van der Waals surface area contributed by atoms with E-state index in [0.717, 1.165) is 0 Å². The molecule has 1 nitrogen and oxygen atoms in total. The molecule has 0 saturated carbocycles. The normalized spacial score (nSPS) is 21.7. The molecule has 3 heteroatoms. The summed E-state index contributed by atoms with van der Waals surface area (Å²) < 4.78 is 4.65. The van der Waals surface area contributed by atoms with Crippen molar-refractivity contribution < 1.29 is 4.74 Å². The lowest BCUT2D eigenvalue weighted by Crippen LogP contribution is -1.77. The van der Waals surface area contributed by atoms with Gasteiger partial charge >= 0.3 is 0 Å². The van der Waals surface area contributed by atoms with E-state index < -0.39 is 0 Å². The first-order valence-corrected chi connectivity index (χ1v) is 2.57. The summed E-state index contributed by atoms with van der Waals surface area (Å²) in [7, 11) is 0. The predicted molar refractivity (Wildman–Crippen MR) is 28.7 cm³/mol. The first-order valence-electron chi connectivity index (χ1n) is 1.81. The molecule has 0 aromatic rings. The zero-order chi connectivity index (χ0) is 5.28. The summed E-state index contributed by atoms with van der Waals surface area (Å²) >= 11 is 10.8. The van der Waals surface area contributed by atoms with E-state index in [9.17, 15) is 0 Å². The van der Waals surface area contributed by atoms with Crippen LogP contribution in [0.1, 0.15) is 6.42 Å². The Kier molecular flexibility index (Phi) is 1.45. The zero-order valence-corrected chi connectivity index (χ0v) is 4.96. The molecule has 0 atom stereocenters. The molecule has 1 aliphatic heterocycles. The summed E-state index contributed by atoms with van der Waals surface area (Å²) in [6.07, 6.45) is 1.99. The molecule has 0 N–H and O–H groups in total. The number of hydrogen-bond acceptors (Lipinski definition) is 1. The molecule has 0 bridgehead atoms. The maximum Gasteiger partial charge on any atom is 0.240 e. The fraction of sp³-hybridized carbons (Fsp3) is 0.250. The third-order valence-corrected chi connectivity index (χ3v) is 1.07. The van der Waals surface area contributed by atoms with Gasteiger partial charge in [0.1, 0.15) is 6.26 Å². The minimum atomic E-state index is 0.449. The van der Waals surface area contributed by atoms with Crippen LogP contribution >= 0.6 is 23.2 Å². The van der Waals surface area contributed by atoms with Crippen LogP contribution in [-0.2, 0) is 4.74 Å². The van der Waals surface area contributed by atoms with Crippen molar-refractivity contribution >= 4 is 23.2 Å². The molecule has 1 aliphatic rings. The first kappa shape index (κ1) is 5.26. The summed E-state index contributed by atoms with van der Waals surface area (Å²) in [4.78, 5) is 0. The van der Waals surface area contributed by atoms with Gasteiger partial charge in [0.15, 0.2) is 0 Å². The van der Waals surface area contributed by atoms with Gasteiger partial charge in [-0.05, 0) is 0 Å². The Labute approximate surface area is 51.9 Å². The van der Waals surface area contributed by atoms with Crippen LogP contribution in [0, 0.1) is 5.56 Å². The smallest absolute Gasteiger partial charge is 0.240 e. The maximum absolute atomic E-state index is 5.44. The SMILES string of the molecule is Cl[C]1CC(Cl)=CO1. The second kappa shape index (κ2) is 1.93. The van der Waals surface area contributed by atoms with Crippen molar-refractivity contribution in [2.45, 2.75) is 6.42 Å². The van der Waals surface area contributed by atoms with E-state index in [1.54, 1.807) is 0 Å². The summed E-state index contributed by atoms with van der Waals surface area (Å²) in [5, 5.41) is 0.657. The highest BCUT2D eigenvalue weighted by Crippen LogP contribution is 2.28. The lowest BCUT2D eigenvalue weighted by atomic mass is 10.5. The highest BCUT2D eigenvalue weighted by Gasteiger charge is 2.14. The Morgan fingerprint density at radius 2 is 2.29 bits per heavy atom. The molecule has 0 amide bonds. The second-order valence-corrected chi connectivity index (χ2v) is 2.12. The van der Waals surface area contributed by atoms with E-state index in [0.29, 0.717) is 17.0 Å². The standard InChI is InChI=1S/C4H3Cl2O/c5-3-1-4(6)7-2-3/h2H,1H2. The lowest BCUT2D eigenvalue weighted by Gasteiger charge is -1.91. The molecular formula is C4H3Cl2O. The van der Waals surface area contributed by atoms with Gasteiger partial charge in [0, 0.05) is 6.42 Å². The molecule has 1 heterocycles. The molecule has 0 aromatic heterocycles. The zero-order valence-electron chi connectivity index (χ0n) is 3.45.